The summed E-state index contributed by atoms with van der Waals surface area (Å²) < 4.78 is 5.75. The van der Waals surface area contributed by atoms with Gasteiger partial charge in [0.25, 0.3) is 0 Å². The van der Waals surface area contributed by atoms with E-state index in [1.54, 1.807) is 0 Å². The molecule has 1 aliphatic rings. The van der Waals surface area contributed by atoms with Gasteiger partial charge in [-0.1, -0.05) is 44.2 Å². The van der Waals surface area contributed by atoms with E-state index in [1.807, 2.05) is 30.3 Å². The lowest BCUT2D eigenvalue weighted by molar-refractivity contribution is -0.101. The summed E-state index contributed by atoms with van der Waals surface area (Å²) in [6.45, 7) is 12.0. The predicted octanol–water partition coefficient (Wildman–Crippen LogP) is 2.86. The maximum atomic E-state index is 10.7. The van der Waals surface area contributed by atoms with Gasteiger partial charge in [-0.2, -0.15) is 0 Å². The summed E-state index contributed by atoms with van der Waals surface area (Å²) in [5, 5.41) is 10.7. The van der Waals surface area contributed by atoms with Gasteiger partial charge >= 0.3 is 0 Å². The number of ether oxygens (including phenoxy) is 1. The van der Waals surface area contributed by atoms with E-state index < -0.39 is 6.10 Å². The largest absolute Gasteiger partial charge is 0.388 e. The van der Waals surface area contributed by atoms with Crippen molar-refractivity contribution in [1.82, 2.24) is 4.90 Å². The van der Waals surface area contributed by atoms with Gasteiger partial charge in [-0.05, 0) is 19.4 Å². The molecule has 112 valence electrons. The van der Waals surface area contributed by atoms with Crippen molar-refractivity contribution in [1.29, 1.82) is 0 Å². The Balaban J connectivity index is 2.03. The number of morpholine rings is 1. The number of hydrogen-bond acceptors (Lipinski definition) is 3. The first kappa shape index (κ1) is 15.5. The van der Waals surface area contributed by atoms with Crippen LogP contribution < -0.4 is 0 Å². The highest BCUT2D eigenvalue weighted by atomic mass is 16.5. The molecule has 0 amide bonds. The first-order valence-electron chi connectivity index (χ1n) is 7.39. The minimum atomic E-state index is -0.449. The molecule has 0 spiro atoms. The zero-order valence-electron chi connectivity index (χ0n) is 13.1. The SMILES string of the molecule is CC1(C)CN(CC(C)(C)C(O)c2ccccc2)CCO1. The van der Waals surface area contributed by atoms with Crippen LogP contribution in [0.4, 0.5) is 0 Å². The Bertz CT molecular complexity index is 428. The molecule has 1 N–H and O–H groups in total. The van der Waals surface area contributed by atoms with E-state index in [0.29, 0.717) is 0 Å². The van der Waals surface area contributed by atoms with Gasteiger partial charge in [0, 0.05) is 25.0 Å². The molecule has 3 nitrogen and oxygen atoms in total. The highest BCUT2D eigenvalue weighted by Crippen LogP contribution is 2.34. The van der Waals surface area contributed by atoms with Crippen LogP contribution >= 0.6 is 0 Å². The second kappa shape index (κ2) is 5.84. The summed E-state index contributed by atoms with van der Waals surface area (Å²) in [7, 11) is 0. The monoisotopic (exact) mass is 277 g/mol. The van der Waals surface area contributed by atoms with Gasteiger partial charge in [-0.15, -0.1) is 0 Å². The maximum Gasteiger partial charge on any atom is 0.0853 e. The van der Waals surface area contributed by atoms with Crippen molar-refractivity contribution in [3.63, 3.8) is 0 Å². The molecule has 2 rings (SSSR count). The average molecular weight is 277 g/mol. The lowest BCUT2D eigenvalue weighted by atomic mass is 9.81. The van der Waals surface area contributed by atoms with Gasteiger partial charge in [-0.25, -0.2) is 0 Å². The summed E-state index contributed by atoms with van der Waals surface area (Å²) in [6.07, 6.45) is -0.449. The van der Waals surface area contributed by atoms with Crippen LogP contribution in [0.15, 0.2) is 30.3 Å². The standard InChI is InChI=1S/C17H27NO2/c1-16(2,15(19)14-8-6-5-7-9-14)12-18-10-11-20-17(3,4)13-18/h5-9,15,19H,10-13H2,1-4H3. The van der Waals surface area contributed by atoms with E-state index in [-0.39, 0.29) is 11.0 Å². The second-order valence-corrected chi connectivity index (χ2v) is 7.12. The molecule has 0 aliphatic carbocycles. The third kappa shape index (κ3) is 3.81. The van der Waals surface area contributed by atoms with Gasteiger partial charge in [-0.3, -0.25) is 4.90 Å². The van der Waals surface area contributed by atoms with E-state index in [4.69, 9.17) is 4.74 Å². The van der Waals surface area contributed by atoms with Crippen molar-refractivity contribution in [3.8, 4) is 0 Å². The Morgan fingerprint density at radius 3 is 2.55 bits per heavy atom. The van der Waals surface area contributed by atoms with Gasteiger partial charge in [0.1, 0.15) is 0 Å². The normalized spacial score (nSPS) is 21.6. The molecule has 0 aromatic heterocycles. The van der Waals surface area contributed by atoms with Crippen molar-refractivity contribution in [2.45, 2.75) is 39.4 Å². The molecule has 1 aromatic rings. The third-order valence-corrected chi connectivity index (χ3v) is 3.99. The topological polar surface area (TPSA) is 32.7 Å². The number of benzene rings is 1. The second-order valence-electron chi connectivity index (χ2n) is 7.12. The zero-order chi connectivity index (χ0) is 14.8. The molecular weight excluding hydrogens is 250 g/mol. The molecule has 1 saturated heterocycles. The number of rotatable bonds is 4. The molecule has 0 radical (unpaired) electrons. The van der Waals surface area contributed by atoms with Gasteiger partial charge < -0.3 is 9.84 Å². The summed E-state index contributed by atoms with van der Waals surface area (Å²) in [4.78, 5) is 2.40. The summed E-state index contributed by atoms with van der Waals surface area (Å²) >= 11 is 0. The molecule has 1 aliphatic heterocycles. The minimum Gasteiger partial charge on any atom is -0.388 e. The van der Waals surface area contributed by atoms with Gasteiger partial charge in [0.15, 0.2) is 0 Å². The summed E-state index contributed by atoms with van der Waals surface area (Å²) in [5.41, 5.74) is 0.714. The molecule has 3 heteroatoms. The van der Waals surface area contributed by atoms with Crippen LogP contribution in [0.5, 0.6) is 0 Å². The maximum absolute atomic E-state index is 10.7. The fourth-order valence-corrected chi connectivity index (χ4v) is 3.00. The summed E-state index contributed by atoms with van der Waals surface area (Å²) in [6, 6.07) is 9.93. The highest BCUT2D eigenvalue weighted by molar-refractivity contribution is 5.19. The van der Waals surface area contributed by atoms with Crippen LogP contribution in [0, 0.1) is 5.41 Å². The van der Waals surface area contributed by atoms with Crippen molar-refractivity contribution >= 4 is 0 Å². The van der Waals surface area contributed by atoms with E-state index >= 15 is 0 Å². The van der Waals surface area contributed by atoms with Crippen LogP contribution in [-0.4, -0.2) is 41.8 Å². The molecule has 1 atom stereocenters. The lowest BCUT2D eigenvalue weighted by Crippen LogP contribution is -2.51. The Morgan fingerprint density at radius 2 is 1.95 bits per heavy atom. The quantitative estimate of drug-likeness (QED) is 0.918. The van der Waals surface area contributed by atoms with Crippen molar-refractivity contribution in [2.24, 2.45) is 5.41 Å². The highest BCUT2D eigenvalue weighted by Gasteiger charge is 2.35. The minimum absolute atomic E-state index is 0.0912. The zero-order valence-corrected chi connectivity index (χ0v) is 13.1. The fourth-order valence-electron chi connectivity index (χ4n) is 3.00. The van der Waals surface area contributed by atoms with E-state index in [2.05, 4.69) is 32.6 Å². The Labute approximate surface area is 122 Å². The predicted molar refractivity (Wildman–Crippen MR) is 81.7 cm³/mol. The smallest absolute Gasteiger partial charge is 0.0853 e. The molecule has 0 bridgehead atoms. The molecule has 0 saturated carbocycles. The van der Waals surface area contributed by atoms with Crippen LogP contribution in [0.1, 0.15) is 39.4 Å². The van der Waals surface area contributed by atoms with Crippen molar-refractivity contribution < 1.29 is 9.84 Å². The fraction of sp³-hybridized carbons (Fsp3) is 0.647. The molecular formula is C17H27NO2. The van der Waals surface area contributed by atoms with Crippen molar-refractivity contribution in [2.75, 3.05) is 26.2 Å². The molecule has 1 aromatic carbocycles. The van der Waals surface area contributed by atoms with E-state index in [0.717, 1.165) is 31.8 Å². The number of nitrogens with zero attached hydrogens (tertiary/aromatic N) is 1. The van der Waals surface area contributed by atoms with Crippen LogP contribution in [0.2, 0.25) is 0 Å². The van der Waals surface area contributed by atoms with Gasteiger partial charge in [0.05, 0.1) is 18.3 Å². The lowest BCUT2D eigenvalue weighted by Gasteiger charge is -2.43. The average Bonchev–Trinajstić information content (AvgIpc) is 2.37. The molecule has 20 heavy (non-hydrogen) atoms. The number of hydrogen-bond donors (Lipinski definition) is 1. The Kier molecular flexibility index (Phi) is 4.52. The van der Waals surface area contributed by atoms with Crippen LogP contribution in [0.25, 0.3) is 0 Å². The first-order valence-corrected chi connectivity index (χ1v) is 7.39. The van der Waals surface area contributed by atoms with Crippen LogP contribution in [-0.2, 0) is 4.74 Å². The Hall–Kier alpha value is -0.900. The molecule has 1 heterocycles. The number of aliphatic hydroxyl groups excluding tert-OH is 1. The molecule has 1 unspecified atom stereocenters. The van der Waals surface area contributed by atoms with Gasteiger partial charge in [0.2, 0.25) is 0 Å². The Morgan fingerprint density at radius 1 is 1.30 bits per heavy atom. The van der Waals surface area contributed by atoms with Crippen molar-refractivity contribution in [3.05, 3.63) is 35.9 Å². The van der Waals surface area contributed by atoms with Crippen LogP contribution in [0.3, 0.4) is 0 Å². The van der Waals surface area contributed by atoms with E-state index in [1.165, 1.54) is 0 Å². The summed E-state index contributed by atoms with van der Waals surface area (Å²) in [5.74, 6) is 0. The number of aliphatic hydroxyl groups is 1. The molecule has 1 fully saturated rings. The van der Waals surface area contributed by atoms with E-state index in [9.17, 15) is 5.11 Å². The third-order valence-electron chi connectivity index (χ3n) is 3.99. The first-order chi connectivity index (χ1) is 9.30.